The van der Waals surface area contributed by atoms with Gasteiger partial charge in [0.2, 0.25) is 5.91 Å². The lowest BCUT2D eigenvalue weighted by molar-refractivity contribution is -0.156. The number of carboxylic acid groups (broad SMARTS) is 1. The van der Waals surface area contributed by atoms with E-state index in [9.17, 15) is 14.7 Å². The molecule has 5 nitrogen and oxygen atoms in total. The average Bonchev–Trinajstić information content (AvgIpc) is 3.05. The van der Waals surface area contributed by atoms with Gasteiger partial charge in [-0.15, -0.1) is 11.8 Å². The van der Waals surface area contributed by atoms with E-state index in [0.717, 1.165) is 10.9 Å². The molecule has 0 radical (unpaired) electrons. The van der Waals surface area contributed by atoms with Crippen molar-refractivity contribution in [3.05, 3.63) is 58.0 Å². The standard InChI is InChI=1S/C25H31NO4S2Si/c1-15(30-33(5,6)25(2,3)4)19-21(27)26-20(23(28)29)24(32-22(19)26)31-14-16-11-12-17-9-7-8-10-18(17)13-16/h7-13,15,19,22H,14H2,1-6H3,(H,28,29)/t15-,19+,22+/m0/s1. The highest BCUT2D eigenvalue weighted by atomic mass is 32.2. The zero-order chi connectivity index (χ0) is 24.1. The summed E-state index contributed by atoms with van der Waals surface area (Å²) in [5, 5.41) is 12.1. The zero-order valence-electron chi connectivity index (χ0n) is 19.9. The van der Waals surface area contributed by atoms with Gasteiger partial charge in [0.15, 0.2) is 14.0 Å². The number of carbonyl (C=O) groups is 2. The highest BCUT2D eigenvalue weighted by Gasteiger charge is 2.59. The topological polar surface area (TPSA) is 66.8 Å². The Balaban J connectivity index is 1.49. The number of carboxylic acids is 1. The Morgan fingerprint density at radius 1 is 1.21 bits per heavy atom. The summed E-state index contributed by atoms with van der Waals surface area (Å²) in [4.78, 5) is 26.6. The van der Waals surface area contributed by atoms with Crippen LogP contribution in [0.1, 0.15) is 33.3 Å². The monoisotopic (exact) mass is 501 g/mol. The second-order valence-corrected chi connectivity index (χ2v) is 17.4. The van der Waals surface area contributed by atoms with Crippen LogP contribution < -0.4 is 0 Å². The number of fused-ring (bicyclic) bond motifs is 2. The maximum absolute atomic E-state index is 13.0. The van der Waals surface area contributed by atoms with Crippen molar-refractivity contribution in [1.82, 2.24) is 4.90 Å². The molecule has 4 rings (SSSR count). The molecule has 2 aliphatic rings. The minimum atomic E-state index is -2.04. The molecule has 2 aromatic carbocycles. The highest BCUT2D eigenvalue weighted by molar-refractivity contribution is 8.22. The number of benzene rings is 2. The molecule has 176 valence electrons. The quantitative estimate of drug-likeness (QED) is 0.356. The molecule has 1 N–H and O–H groups in total. The first-order valence-corrected chi connectivity index (χ1v) is 15.9. The molecular formula is C25H31NO4S2Si. The fraction of sp³-hybridized carbons (Fsp3) is 0.440. The predicted molar refractivity (Wildman–Crippen MR) is 139 cm³/mol. The Morgan fingerprint density at radius 3 is 2.52 bits per heavy atom. The van der Waals surface area contributed by atoms with E-state index in [2.05, 4.69) is 64.2 Å². The van der Waals surface area contributed by atoms with Gasteiger partial charge in [-0.25, -0.2) is 4.79 Å². The minimum absolute atomic E-state index is 0.0436. The number of β-lactam (4-membered cyclic amide) rings is 1. The summed E-state index contributed by atoms with van der Waals surface area (Å²) < 4.78 is 7.20. The van der Waals surface area contributed by atoms with Gasteiger partial charge in [0.1, 0.15) is 5.37 Å². The van der Waals surface area contributed by atoms with E-state index in [4.69, 9.17) is 4.43 Å². The number of hydrogen-bond donors (Lipinski definition) is 1. The summed E-state index contributed by atoms with van der Waals surface area (Å²) in [5.74, 6) is -0.857. The van der Waals surface area contributed by atoms with Crippen molar-refractivity contribution in [2.75, 3.05) is 0 Å². The van der Waals surface area contributed by atoms with Gasteiger partial charge < -0.3 is 9.53 Å². The molecular weight excluding hydrogens is 470 g/mol. The molecule has 3 atom stereocenters. The maximum Gasteiger partial charge on any atom is 0.354 e. The molecule has 0 aromatic heterocycles. The van der Waals surface area contributed by atoms with Crippen molar-refractivity contribution in [3.63, 3.8) is 0 Å². The van der Waals surface area contributed by atoms with Crippen LogP contribution in [-0.2, 0) is 19.8 Å². The Kier molecular flexibility index (Phi) is 6.50. The molecule has 0 saturated carbocycles. The van der Waals surface area contributed by atoms with Gasteiger partial charge in [-0.2, -0.15) is 0 Å². The molecule has 0 unspecified atom stereocenters. The predicted octanol–water partition coefficient (Wildman–Crippen LogP) is 6.27. The van der Waals surface area contributed by atoms with Gasteiger partial charge in [0.05, 0.1) is 16.3 Å². The number of thioether (sulfide) groups is 2. The van der Waals surface area contributed by atoms with E-state index in [0.29, 0.717) is 9.99 Å². The molecule has 0 aliphatic carbocycles. The lowest BCUT2D eigenvalue weighted by Crippen LogP contribution is -2.62. The van der Waals surface area contributed by atoms with Crippen LogP contribution in [0.5, 0.6) is 0 Å². The second-order valence-electron chi connectivity index (χ2n) is 10.2. The fourth-order valence-electron chi connectivity index (χ4n) is 4.03. The van der Waals surface area contributed by atoms with E-state index < -0.39 is 14.3 Å². The van der Waals surface area contributed by atoms with Crippen LogP contribution in [0.25, 0.3) is 10.8 Å². The first kappa shape index (κ1) is 24.4. The summed E-state index contributed by atoms with van der Waals surface area (Å²) in [7, 11) is -2.04. The van der Waals surface area contributed by atoms with Gasteiger partial charge in [-0.3, -0.25) is 9.69 Å². The summed E-state index contributed by atoms with van der Waals surface area (Å²) in [5.41, 5.74) is 1.25. The van der Waals surface area contributed by atoms with Crippen molar-refractivity contribution < 1.29 is 19.1 Å². The normalized spacial score (nSPS) is 21.9. The van der Waals surface area contributed by atoms with Crippen LogP contribution in [0, 0.1) is 5.92 Å². The van der Waals surface area contributed by atoms with Crippen LogP contribution in [0.2, 0.25) is 18.1 Å². The van der Waals surface area contributed by atoms with Crippen LogP contribution in [0.15, 0.2) is 52.4 Å². The summed E-state index contributed by atoms with van der Waals surface area (Å²) in [6, 6.07) is 14.5. The lowest BCUT2D eigenvalue weighted by atomic mass is 9.92. The van der Waals surface area contributed by atoms with Crippen molar-refractivity contribution >= 4 is 54.5 Å². The van der Waals surface area contributed by atoms with Gasteiger partial charge in [0.25, 0.3) is 0 Å². The van der Waals surface area contributed by atoms with Gasteiger partial charge >= 0.3 is 5.97 Å². The molecule has 1 fully saturated rings. The molecule has 2 aromatic rings. The van der Waals surface area contributed by atoms with E-state index in [1.807, 2.05) is 19.1 Å². The molecule has 1 saturated heterocycles. The first-order chi connectivity index (χ1) is 15.4. The van der Waals surface area contributed by atoms with Crippen molar-refractivity contribution in [3.8, 4) is 0 Å². The van der Waals surface area contributed by atoms with E-state index in [1.54, 1.807) is 0 Å². The van der Waals surface area contributed by atoms with Crippen molar-refractivity contribution in [2.24, 2.45) is 5.92 Å². The minimum Gasteiger partial charge on any atom is -0.477 e. The van der Waals surface area contributed by atoms with Gasteiger partial charge in [-0.05, 0) is 41.4 Å². The molecule has 2 heterocycles. The Hall–Kier alpha value is -1.74. The number of carbonyl (C=O) groups excluding carboxylic acids is 1. The smallest absolute Gasteiger partial charge is 0.354 e. The van der Waals surface area contributed by atoms with Gasteiger partial charge in [-0.1, -0.05) is 75.0 Å². The van der Waals surface area contributed by atoms with Crippen LogP contribution in [-0.4, -0.2) is 41.7 Å². The van der Waals surface area contributed by atoms with Gasteiger partial charge in [0, 0.05) is 5.75 Å². The van der Waals surface area contributed by atoms with E-state index in [1.165, 1.54) is 33.8 Å². The first-order valence-electron chi connectivity index (χ1n) is 11.2. The summed E-state index contributed by atoms with van der Waals surface area (Å²) in [6.07, 6.45) is -0.243. The van der Waals surface area contributed by atoms with Crippen LogP contribution in [0.3, 0.4) is 0 Å². The molecule has 33 heavy (non-hydrogen) atoms. The molecule has 1 amide bonds. The van der Waals surface area contributed by atoms with Crippen molar-refractivity contribution in [2.45, 2.75) is 63.1 Å². The molecule has 8 heteroatoms. The third-order valence-electron chi connectivity index (χ3n) is 6.93. The Bertz CT molecular complexity index is 1140. The fourth-order valence-corrected chi connectivity index (χ4v) is 8.32. The Morgan fingerprint density at radius 2 is 1.88 bits per heavy atom. The third kappa shape index (κ3) is 4.50. The largest absolute Gasteiger partial charge is 0.477 e. The number of rotatable bonds is 7. The maximum atomic E-state index is 13.0. The number of aliphatic carboxylic acids is 1. The molecule has 0 bridgehead atoms. The third-order valence-corrected chi connectivity index (χ3v) is 14.2. The summed E-state index contributed by atoms with van der Waals surface area (Å²) >= 11 is 2.99. The van der Waals surface area contributed by atoms with Crippen LogP contribution >= 0.6 is 23.5 Å². The van der Waals surface area contributed by atoms with Crippen molar-refractivity contribution in [1.29, 1.82) is 0 Å². The van der Waals surface area contributed by atoms with E-state index >= 15 is 0 Å². The van der Waals surface area contributed by atoms with Crippen LogP contribution in [0.4, 0.5) is 0 Å². The molecule has 0 spiro atoms. The lowest BCUT2D eigenvalue weighted by Gasteiger charge is -2.48. The zero-order valence-corrected chi connectivity index (χ0v) is 22.5. The SMILES string of the molecule is C[C@H](O[Si](C)(C)C(C)(C)C)[C@@H]1C(=O)N2C(C(=O)O)=C(SCc3ccc4ccccc4c3)S[C@H]12. The number of amides is 1. The molecule has 2 aliphatic heterocycles. The average molecular weight is 502 g/mol. The second kappa shape index (κ2) is 8.80. The Labute approximate surface area is 205 Å². The summed E-state index contributed by atoms with van der Waals surface area (Å²) in [6.45, 7) is 12.8. The van der Waals surface area contributed by atoms with E-state index in [-0.39, 0.29) is 34.0 Å². The highest BCUT2D eigenvalue weighted by Crippen LogP contribution is 2.55. The number of nitrogens with zero attached hydrogens (tertiary/aromatic N) is 1. The number of hydrogen-bond acceptors (Lipinski definition) is 5.